The van der Waals surface area contributed by atoms with Gasteiger partial charge in [-0.1, -0.05) is 20.8 Å². The lowest BCUT2D eigenvalue weighted by molar-refractivity contribution is -0.150. The quantitative estimate of drug-likeness (QED) is 0.804. The normalized spacial score (nSPS) is 27.3. The Bertz CT molecular complexity index is 509. The van der Waals surface area contributed by atoms with Crippen LogP contribution in [0.4, 0.5) is 4.79 Å². The van der Waals surface area contributed by atoms with Gasteiger partial charge in [-0.3, -0.25) is 9.59 Å². The molecule has 0 aliphatic carbocycles. The Morgan fingerprint density at radius 1 is 1.12 bits per heavy atom. The van der Waals surface area contributed by atoms with Crippen molar-refractivity contribution in [3.63, 3.8) is 0 Å². The lowest BCUT2D eigenvalue weighted by Crippen LogP contribution is -2.52. The molecule has 2 saturated heterocycles. The van der Waals surface area contributed by atoms with E-state index in [0.717, 1.165) is 12.8 Å². The predicted molar refractivity (Wildman–Crippen MR) is 94.0 cm³/mol. The summed E-state index contributed by atoms with van der Waals surface area (Å²) in [6.45, 7) is 8.75. The summed E-state index contributed by atoms with van der Waals surface area (Å²) >= 11 is 0. The fraction of sp³-hybridized carbons (Fsp3) is 0.833. The molecule has 0 bridgehead atoms. The fourth-order valence-electron chi connectivity index (χ4n) is 3.74. The first-order chi connectivity index (χ1) is 11.8. The van der Waals surface area contributed by atoms with E-state index in [-0.39, 0.29) is 29.7 Å². The molecule has 0 aromatic heterocycles. The number of carboxylic acid groups (broad SMARTS) is 1. The molecule has 2 heterocycles. The molecule has 2 fully saturated rings. The van der Waals surface area contributed by atoms with Gasteiger partial charge in [0.25, 0.3) is 0 Å². The number of rotatable bonds is 4. The van der Waals surface area contributed by atoms with Crippen molar-refractivity contribution in [2.75, 3.05) is 32.7 Å². The van der Waals surface area contributed by atoms with Gasteiger partial charge < -0.3 is 20.2 Å². The van der Waals surface area contributed by atoms with E-state index in [0.29, 0.717) is 45.1 Å². The van der Waals surface area contributed by atoms with E-state index in [9.17, 15) is 19.5 Å². The molecule has 2 aliphatic rings. The number of nitrogens with one attached hydrogen (secondary N) is 1. The zero-order valence-corrected chi connectivity index (χ0v) is 15.5. The zero-order chi connectivity index (χ0) is 18.6. The van der Waals surface area contributed by atoms with Crippen LogP contribution in [0.25, 0.3) is 0 Å². The predicted octanol–water partition coefficient (Wildman–Crippen LogP) is 1.63. The molecule has 2 rings (SSSR count). The van der Waals surface area contributed by atoms with E-state index < -0.39 is 5.97 Å². The molecule has 3 amide bonds. The highest BCUT2D eigenvalue weighted by molar-refractivity contribution is 5.81. The van der Waals surface area contributed by atoms with Crippen LogP contribution in [0.5, 0.6) is 0 Å². The largest absolute Gasteiger partial charge is 0.481 e. The van der Waals surface area contributed by atoms with Gasteiger partial charge >= 0.3 is 12.0 Å². The fourth-order valence-corrected chi connectivity index (χ4v) is 3.74. The minimum absolute atomic E-state index is 0.0377. The number of aliphatic carboxylic acids is 1. The second-order valence-corrected chi connectivity index (χ2v) is 7.86. The third-order valence-corrected chi connectivity index (χ3v) is 5.25. The lowest BCUT2D eigenvalue weighted by atomic mass is 9.86. The SMILES string of the molecule is CC(C)CNC(=O)N1CCCC(C(=O)N2CCC(C(=O)O)C(C)C2)C1. The van der Waals surface area contributed by atoms with Crippen LogP contribution in [-0.2, 0) is 9.59 Å². The minimum Gasteiger partial charge on any atom is -0.481 e. The summed E-state index contributed by atoms with van der Waals surface area (Å²) in [5, 5.41) is 12.1. The summed E-state index contributed by atoms with van der Waals surface area (Å²) < 4.78 is 0. The van der Waals surface area contributed by atoms with Crippen LogP contribution in [0.15, 0.2) is 0 Å². The number of hydrogen-bond acceptors (Lipinski definition) is 3. The molecule has 0 saturated carbocycles. The van der Waals surface area contributed by atoms with Crippen LogP contribution >= 0.6 is 0 Å². The van der Waals surface area contributed by atoms with E-state index in [1.165, 1.54) is 0 Å². The van der Waals surface area contributed by atoms with Crippen molar-refractivity contribution in [3.8, 4) is 0 Å². The van der Waals surface area contributed by atoms with Crippen LogP contribution in [-0.4, -0.2) is 65.5 Å². The van der Waals surface area contributed by atoms with E-state index in [4.69, 9.17) is 0 Å². The van der Waals surface area contributed by atoms with Crippen molar-refractivity contribution in [2.24, 2.45) is 23.7 Å². The summed E-state index contributed by atoms with van der Waals surface area (Å²) in [6.07, 6.45) is 2.13. The topological polar surface area (TPSA) is 90.0 Å². The van der Waals surface area contributed by atoms with Gasteiger partial charge in [-0.15, -0.1) is 0 Å². The molecule has 0 aromatic carbocycles. The molecular formula is C18H31N3O4. The number of piperidine rings is 2. The van der Waals surface area contributed by atoms with Crippen molar-refractivity contribution in [2.45, 2.75) is 40.0 Å². The third-order valence-electron chi connectivity index (χ3n) is 5.25. The molecule has 142 valence electrons. The van der Waals surface area contributed by atoms with Crippen LogP contribution in [0.2, 0.25) is 0 Å². The zero-order valence-electron chi connectivity index (χ0n) is 15.5. The number of carbonyl (C=O) groups is 3. The molecule has 0 spiro atoms. The van der Waals surface area contributed by atoms with Gasteiger partial charge in [-0.05, 0) is 31.1 Å². The number of carbonyl (C=O) groups excluding carboxylic acids is 2. The van der Waals surface area contributed by atoms with Crippen LogP contribution in [0, 0.1) is 23.7 Å². The number of likely N-dealkylation sites (tertiary alicyclic amines) is 2. The molecule has 2 aliphatic heterocycles. The Morgan fingerprint density at radius 2 is 1.84 bits per heavy atom. The van der Waals surface area contributed by atoms with Gasteiger partial charge in [0.15, 0.2) is 0 Å². The molecule has 7 nitrogen and oxygen atoms in total. The number of carboxylic acids is 1. The summed E-state index contributed by atoms with van der Waals surface area (Å²) in [6, 6.07) is -0.0934. The molecule has 0 aromatic rings. The number of amides is 3. The second kappa shape index (κ2) is 8.54. The smallest absolute Gasteiger partial charge is 0.317 e. The monoisotopic (exact) mass is 353 g/mol. The maximum Gasteiger partial charge on any atom is 0.317 e. The molecule has 0 radical (unpaired) electrons. The van der Waals surface area contributed by atoms with Gasteiger partial charge in [0.2, 0.25) is 5.91 Å². The van der Waals surface area contributed by atoms with E-state index in [1.807, 2.05) is 20.8 Å². The second-order valence-electron chi connectivity index (χ2n) is 7.86. The maximum absolute atomic E-state index is 12.8. The van der Waals surface area contributed by atoms with E-state index in [2.05, 4.69) is 5.32 Å². The van der Waals surface area contributed by atoms with Gasteiger partial charge in [0.05, 0.1) is 11.8 Å². The number of nitrogens with zero attached hydrogens (tertiary/aromatic N) is 2. The summed E-state index contributed by atoms with van der Waals surface area (Å²) in [7, 11) is 0. The molecule has 2 N–H and O–H groups in total. The molecule has 3 unspecified atom stereocenters. The Morgan fingerprint density at radius 3 is 2.44 bits per heavy atom. The molecule has 3 atom stereocenters. The molecule has 25 heavy (non-hydrogen) atoms. The highest BCUT2D eigenvalue weighted by Gasteiger charge is 2.37. The average Bonchev–Trinajstić information content (AvgIpc) is 2.58. The number of hydrogen-bond donors (Lipinski definition) is 2. The lowest BCUT2D eigenvalue weighted by Gasteiger charge is -2.39. The van der Waals surface area contributed by atoms with Crippen molar-refractivity contribution in [3.05, 3.63) is 0 Å². The first-order valence-electron chi connectivity index (χ1n) is 9.34. The van der Waals surface area contributed by atoms with Crippen LogP contribution < -0.4 is 5.32 Å². The van der Waals surface area contributed by atoms with E-state index in [1.54, 1.807) is 9.80 Å². The van der Waals surface area contributed by atoms with Crippen LogP contribution in [0.1, 0.15) is 40.0 Å². The molecule has 7 heteroatoms. The van der Waals surface area contributed by atoms with Gasteiger partial charge in [0, 0.05) is 32.7 Å². The van der Waals surface area contributed by atoms with Crippen molar-refractivity contribution < 1.29 is 19.5 Å². The Kier molecular flexibility index (Phi) is 6.67. The van der Waals surface area contributed by atoms with Gasteiger partial charge in [-0.25, -0.2) is 4.79 Å². The maximum atomic E-state index is 12.8. The van der Waals surface area contributed by atoms with E-state index >= 15 is 0 Å². The summed E-state index contributed by atoms with van der Waals surface area (Å²) in [5.41, 5.74) is 0. The molecular weight excluding hydrogens is 322 g/mol. The number of urea groups is 1. The average molecular weight is 353 g/mol. The summed E-state index contributed by atoms with van der Waals surface area (Å²) in [5.74, 6) is -0.893. The van der Waals surface area contributed by atoms with Gasteiger partial charge in [-0.2, -0.15) is 0 Å². The highest BCUT2D eigenvalue weighted by atomic mass is 16.4. The Labute approximate surface area is 149 Å². The Hall–Kier alpha value is -1.79. The van der Waals surface area contributed by atoms with Crippen molar-refractivity contribution in [1.29, 1.82) is 0 Å². The first kappa shape index (κ1) is 19.5. The summed E-state index contributed by atoms with van der Waals surface area (Å²) in [4.78, 5) is 39.8. The van der Waals surface area contributed by atoms with Gasteiger partial charge in [0.1, 0.15) is 0 Å². The first-order valence-corrected chi connectivity index (χ1v) is 9.34. The van der Waals surface area contributed by atoms with Crippen LogP contribution in [0.3, 0.4) is 0 Å². The highest BCUT2D eigenvalue weighted by Crippen LogP contribution is 2.26. The minimum atomic E-state index is -0.773. The third kappa shape index (κ3) is 5.09. The van der Waals surface area contributed by atoms with Crippen molar-refractivity contribution in [1.82, 2.24) is 15.1 Å². The standard InChI is InChI=1S/C18H31N3O4/c1-12(2)9-19-18(25)21-7-4-5-14(11-21)16(22)20-8-6-15(17(23)24)13(3)10-20/h12-15H,4-11H2,1-3H3,(H,19,25)(H,23,24). The Balaban J connectivity index is 1.89. The van der Waals surface area contributed by atoms with Crippen molar-refractivity contribution >= 4 is 17.9 Å².